The van der Waals surface area contributed by atoms with E-state index in [4.69, 9.17) is 14.2 Å². The number of amides is 2. The molecule has 8 nitrogen and oxygen atoms in total. The number of carbonyl (C=O) groups is 1. The number of benzene rings is 1. The quantitative estimate of drug-likeness (QED) is 0.836. The third kappa shape index (κ3) is 4.44. The van der Waals surface area contributed by atoms with E-state index in [0.717, 1.165) is 12.3 Å². The maximum atomic E-state index is 12.8. The van der Waals surface area contributed by atoms with Crippen LogP contribution in [0.2, 0.25) is 0 Å². The summed E-state index contributed by atoms with van der Waals surface area (Å²) in [5.41, 5.74) is -0.528. The topological polar surface area (TPSA) is 85.8 Å². The molecule has 154 valence electrons. The number of hydrogen-bond acceptors (Lipinski definition) is 6. The number of nitrogens with one attached hydrogen (secondary N) is 1. The number of piperidine rings is 1. The Morgan fingerprint density at radius 1 is 1.24 bits per heavy atom. The number of likely N-dealkylation sites (tertiary alicyclic amines) is 1. The van der Waals surface area contributed by atoms with Gasteiger partial charge in [0.2, 0.25) is 6.79 Å². The highest BCUT2D eigenvalue weighted by molar-refractivity contribution is 5.89. The van der Waals surface area contributed by atoms with Gasteiger partial charge in [-0.3, -0.25) is 0 Å². The number of alkyl halides is 3. The Bertz CT molecular complexity index is 909. The summed E-state index contributed by atoms with van der Waals surface area (Å²) in [7, 11) is 0. The molecule has 0 bridgehead atoms. The maximum Gasteiger partial charge on any atom is 0.433 e. The van der Waals surface area contributed by atoms with E-state index in [0.29, 0.717) is 36.6 Å². The minimum atomic E-state index is -4.58. The Morgan fingerprint density at radius 3 is 2.90 bits per heavy atom. The summed E-state index contributed by atoms with van der Waals surface area (Å²) in [4.78, 5) is 21.2. The van der Waals surface area contributed by atoms with E-state index in [9.17, 15) is 18.0 Å². The van der Waals surface area contributed by atoms with Crippen molar-refractivity contribution in [1.82, 2.24) is 14.9 Å². The van der Waals surface area contributed by atoms with Crippen molar-refractivity contribution >= 4 is 11.7 Å². The molecule has 0 radical (unpaired) electrons. The summed E-state index contributed by atoms with van der Waals surface area (Å²) in [6.45, 7) is 0.838. The van der Waals surface area contributed by atoms with Crippen molar-refractivity contribution < 1.29 is 32.2 Å². The first kappa shape index (κ1) is 19.1. The molecule has 2 aliphatic heterocycles. The van der Waals surface area contributed by atoms with Gasteiger partial charge in [0.15, 0.2) is 17.2 Å². The minimum absolute atomic E-state index is 0.134. The monoisotopic (exact) mass is 410 g/mol. The van der Waals surface area contributed by atoms with Crippen LogP contribution in [0, 0.1) is 0 Å². The van der Waals surface area contributed by atoms with E-state index in [1.165, 1.54) is 4.90 Å². The van der Waals surface area contributed by atoms with E-state index in [1.54, 1.807) is 18.2 Å². The number of aromatic nitrogens is 2. The summed E-state index contributed by atoms with van der Waals surface area (Å²) >= 11 is 0. The lowest BCUT2D eigenvalue weighted by atomic mass is 10.1. The second-order valence-electron chi connectivity index (χ2n) is 6.55. The molecule has 1 aromatic heterocycles. The van der Waals surface area contributed by atoms with Crippen LogP contribution in [0.5, 0.6) is 17.5 Å². The number of rotatable bonds is 3. The predicted molar refractivity (Wildman–Crippen MR) is 93.8 cm³/mol. The molecule has 4 rings (SSSR count). The molecule has 1 N–H and O–H groups in total. The minimum Gasteiger partial charge on any atom is -0.458 e. The van der Waals surface area contributed by atoms with Crippen molar-refractivity contribution in [3.8, 4) is 17.5 Å². The van der Waals surface area contributed by atoms with Crippen LogP contribution < -0.4 is 19.5 Å². The van der Waals surface area contributed by atoms with E-state index in [1.807, 2.05) is 0 Å². The number of hydrogen-bond donors (Lipinski definition) is 1. The average Bonchev–Trinajstić information content (AvgIpc) is 3.15. The molecule has 3 heterocycles. The lowest BCUT2D eigenvalue weighted by Crippen LogP contribution is -2.46. The van der Waals surface area contributed by atoms with Crippen molar-refractivity contribution in [2.75, 3.05) is 25.2 Å². The molecule has 11 heteroatoms. The molecule has 29 heavy (non-hydrogen) atoms. The molecule has 1 unspecified atom stereocenters. The number of halogens is 3. The van der Waals surface area contributed by atoms with Gasteiger partial charge in [0.1, 0.15) is 6.10 Å². The van der Waals surface area contributed by atoms with E-state index in [2.05, 4.69) is 15.3 Å². The Morgan fingerprint density at radius 2 is 2.07 bits per heavy atom. The fourth-order valence-electron chi connectivity index (χ4n) is 3.10. The highest BCUT2D eigenvalue weighted by Crippen LogP contribution is 2.34. The van der Waals surface area contributed by atoms with E-state index >= 15 is 0 Å². The Balaban J connectivity index is 1.37. The largest absolute Gasteiger partial charge is 0.458 e. The molecule has 0 spiro atoms. The number of anilines is 1. The highest BCUT2D eigenvalue weighted by atomic mass is 19.4. The van der Waals surface area contributed by atoms with Crippen molar-refractivity contribution in [3.63, 3.8) is 0 Å². The number of nitrogens with zero attached hydrogens (tertiary/aromatic N) is 3. The number of fused-ring (bicyclic) bond motifs is 1. The first-order valence-electron chi connectivity index (χ1n) is 8.91. The van der Waals surface area contributed by atoms with Gasteiger partial charge in [0, 0.05) is 24.5 Å². The first-order chi connectivity index (χ1) is 13.9. The SMILES string of the molecule is O=C(Nc1ccc2c(c1)OCO2)N1CCCC(Oc2nccc(C(F)(F)F)n2)C1. The van der Waals surface area contributed by atoms with E-state index in [-0.39, 0.29) is 25.4 Å². The smallest absolute Gasteiger partial charge is 0.433 e. The molecule has 2 amide bonds. The number of ether oxygens (including phenoxy) is 3. The maximum absolute atomic E-state index is 12.8. The standard InChI is InChI=1S/C18H17F3N4O4/c19-18(20,21)15-5-6-22-16(24-15)29-12-2-1-7-25(9-12)17(26)23-11-3-4-13-14(8-11)28-10-27-13/h3-6,8,12H,1-2,7,9-10H2,(H,23,26). The van der Waals surface area contributed by atoms with Crippen LogP contribution in [-0.4, -0.2) is 46.9 Å². The van der Waals surface area contributed by atoms with Gasteiger partial charge >= 0.3 is 18.2 Å². The van der Waals surface area contributed by atoms with Crippen LogP contribution in [-0.2, 0) is 6.18 Å². The molecular formula is C18H17F3N4O4. The summed E-state index contributed by atoms with van der Waals surface area (Å²) in [6, 6.07) is 5.13. The van der Waals surface area contributed by atoms with Crippen molar-refractivity contribution in [2.24, 2.45) is 0 Å². The van der Waals surface area contributed by atoms with Crippen molar-refractivity contribution in [2.45, 2.75) is 25.1 Å². The van der Waals surface area contributed by atoms with Crippen LogP contribution in [0.4, 0.5) is 23.7 Å². The molecule has 1 fully saturated rings. The molecular weight excluding hydrogens is 393 g/mol. The summed E-state index contributed by atoms with van der Waals surface area (Å²) in [6.07, 6.45) is -2.87. The molecule has 1 aromatic carbocycles. The van der Waals surface area contributed by atoms with E-state index < -0.39 is 18.0 Å². The summed E-state index contributed by atoms with van der Waals surface area (Å²) < 4.78 is 54.4. The second-order valence-corrected chi connectivity index (χ2v) is 6.55. The van der Waals surface area contributed by atoms with Crippen molar-refractivity contribution in [1.29, 1.82) is 0 Å². The van der Waals surface area contributed by atoms with Crippen LogP contribution in [0.3, 0.4) is 0 Å². The van der Waals surface area contributed by atoms with Gasteiger partial charge in [-0.1, -0.05) is 0 Å². The Kier molecular flexibility index (Phi) is 5.03. The van der Waals surface area contributed by atoms with Crippen LogP contribution in [0.25, 0.3) is 0 Å². The third-order valence-corrected chi connectivity index (χ3v) is 4.49. The van der Waals surface area contributed by atoms with Gasteiger partial charge in [0.25, 0.3) is 0 Å². The highest BCUT2D eigenvalue weighted by Gasteiger charge is 2.33. The summed E-state index contributed by atoms with van der Waals surface area (Å²) in [5, 5.41) is 2.77. The fourth-order valence-corrected chi connectivity index (χ4v) is 3.10. The molecule has 0 saturated carbocycles. The van der Waals surface area contributed by atoms with Crippen LogP contribution in [0.15, 0.2) is 30.5 Å². The average molecular weight is 410 g/mol. The predicted octanol–water partition coefficient (Wildman–Crippen LogP) is 3.30. The third-order valence-electron chi connectivity index (χ3n) is 4.49. The Labute approximate surface area is 163 Å². The molecule has 2 aromatic rings. The zero-order chi connectivity index (χ0) is 20.4. The van der Waals surface area contributed by atoms with Gasteiger partial charge in [-0.25, -0.2) is 9.78 Å². The number of urea groups is 1. The zero-order valence-electron chi connectivity index (χ0n) is 15.1. The number of carbonyl (C=O) groups excluding carboxylic acids is 1. The normalized spacial score (nSPS) is 18.4. The lowest BCUT2D eigenvalue weighted by molar-refractivity contribution is -0.141. The zero-order valence-corrected chi connectivity index (χ0v) is 15.1. The van der Waals surface area contributed by atoms with Gasteiger partial charge in [0.05, 0.1) is 6.54 Å². The fraction of sp³-hybridized carbons (Fsp3) is 0.389. The van der Waals surface area contributed by atoms with Crippen LogP contribution >= 0.6 is 0 Å². The molecule has 1 atom stereocenters. The second kappa shape index (κ2) is 7.64. The molecule has 1 saturated heterocycles. The van der Waals surface area contributed by atoms with Gasteiger partial charge in [-0.15, -0.1) is 0 Å². The molecule has 0 aliphatic carbocycles. The van der Waals surface area contributed by atoms with Gasteiger partial charge in [-0.05, 0) is 31.0 Å². The first-order valence-corrected chi connectivity index (χ1v) is 8.91. The van der Waals surface area contributed by atoms with Crippen molar-refractivity contribution in [3.05, 3.63) is 36.2 Å². The molecule has 2 aliphatic rings. The van der Waals surface area contributed by atoms with Crippen LogP contribution in [0.1, 0.15) is 18.5 Å². The summed E-state index contributed by atoms with van der Waals surface area (Å²) in [5.74, 6) is 1.15. The lowest BCUT2D eigenvalue weighted by Gasteiger charge is -2.32. The Hall–Kier alpha value is -3.24. The van der Waals surface area contributed by atoms with Gasteiger partial charge < -0.3 is 24.4 Å². The van der Waals surface area contributed by atoms with Gasteiger partial charge in [-0.2, -0.15) is 18.2 Å².